The quantitative estimate of drug-likeness (QED) is 0.841. The second-order valence-electron chi connectivity index (χ2n) is 5.20. The summed E-state index contributed by atoms with van der Waals surface area (Å²) < 4.78 is 32.2. The summed E-state index contributed by atoms with van der Waals surface area (Å²) in [5, 5.41) is 1.93. The van der Waals surface area contributed by atoms with Crippen LogP contribution in [0.5, 0.6) is 5.75 Å². The molecule has 0 aliphatic carbocycles. The van der Waals surface area contributed by atoms with Gasteiger partial charge in [-0.3, -0.25) is 0 Å². The third-order valence-corrected chi connectivity index (χ3v) is 6.19. The van der Waals surface area contributed by atoms with E-state index in [1.54, 1.807) is 34.1 Å². The van der Waals surface area contributed by atoms with Crippen LogP contribution in [0.15, 0.2) is 40.1 Å². The second kappa shape index (κ2) is 6.76. The molecule has 0 N–H and O–H groups in total. The van der Waals surface area contributed by atoms with Gasteiger partial charge >= 0.3 is 0 Å². The molecule has 2 heterocycles. The molecule has 0 bridgehead atoms. The van der Waals surface area contributed by atoms with Crippen LogP contribution in [0.3, 0.4) is 0 Å². The number of sulfonamides is 1. The average Bonchev–Trinajstić information content (AvgIpc) is 3.08. The van der Waals surface area contributed by atoms with Crippen LogP contribution in [0.25, 0.3) is 0 Å². The van der Waals surface area contributed by atoms with Gasteiger partial charge in [-0.05, 0) is 37.1 Å². The van der Waals surface area contributed by atoms with Crippen LogP contribution in [0, 0.1) is 0 Å². The molecule has 5 nitrogen and oxygen atoms in total. The van der Waals surface area contributed by atoms with Crippen molar-refractivity contribution in [2.45, 2.75) is 30.8 Å². The molecule has 118 valence electrons. The molecule has 2 aromatic rings. The lowest BCUT2D eigenvalue weighted by molar-refractivity contribution is 0.302. The number of benzene rings is 1. The molecule has 1 fully saturated rings. The van der Waals surface area contributed by atoms with Crippen LogP contribution in [-0.4, -0.2) is 30.8 Å². The Balaban J connectivity index is 1.67. The molecule has 0 atom stereocenters. The lowest BCUT2D eigenvalue weighted by Gasteiger charge is -2.25. The highest BCUT2D eigenvalue weighted by atomic mass is 32.2. The number of hydrogen-bond donors (Lipinski definition) is 0. The van der Waals surface area contributed by atoms with Gasteiger partial charge in [-0.15, -0.1) is 11.3 Å². The minimum absolute atomic E-state index is 0.329. The summed E-state index contributed by atoms with van der Waals surface area (Å²) in [4.78, 5) is 4.47. The highest BCUT2D eigenvalue weighted by Crippen LogP contribution is 2.23. The lowest BCUT2D eigenvalue weighted by atomic mass is 10.2. The topological polar surface area (TPSA) is 59.5 Å². The van der Waals surface area contributed by atoms with Gasteiger partial charge in [0.2, 0.25) is 10.0 Å². The largest absolute Gasteiger partial charge is 0.487 e. The summed E-state index contributed by atoms with van der Waals surface area (Å²) in [7, 11) is -3.37. The maximum absolute atomic E-state index is 12.5. The molecule has 0 radical (unpaired) electrons. The number of hydrogen-bond acceptors (Lipinski definition) is 5. The highest BCUT2D eigenvalue weighted by molar-refractivity contribution is 7.89. The summed E-state index contributed by atoms with van der Waals surface area (Å²) in [5.41, 5.74) is 2.63. The van der Waals surface area contributed by atoms with Crippen molar-refractivity contribution in [1.82, 2.24) is 9.29 Å². The molecule has 1 aliphatic heterocycles. The minimum Gasteiger partial charge on any atom is -0.487 e. The molecule has 1 saturated heterocycles. The Kier molecular flexibility index (Phi) is 4.75. The fourth-order valence-electron chi connectivity index (χ4n) is 2.43. The van der Waals surface area contributed by atoms with E-state index in [9.17, 15) is 8.42 Å². The van der Waals surface area contributed by atoms with E-state index in [4.69, 9.17) is 4.74 Å². The van der Waals surface area contributed by atoms with Gasteiger partial charge in [-0.25, -0.2) is 13.4 Å². The molecule has 1 aromatic heterocycles. The summed E-state index contributed by atoms with van der Waals surface area (Å²) in [6.45, 7) is 1.62. The molecule has 0 amide bonds. The van der Waals surface area contributed by atoms with Gasteiger partial charge in [0.15, 0.2) is 0 Å². The Bertz CT molecular complexity index is 691. The van der Waals surface area contributed by atoms with E-state index in [1.165, 1.54) is 11.3 Å². The first-order valence-corrected chi connectivity index (χ1v) is 9.64. The van der Waals surface area contributed by atoms with Crippen molar-refractivity contribution in [3.8, 4) is 5.75 Å². The van der Waals surface area contributed by atoms with E-state index in [2.05, 4.69) is 4.98 Å². The van der Waals surface area contributed by atoms with E-state index in [0.29, 0.717) is 30.3 Å². The molecule has 0 unspecified atom stereocenters. The van der Waals surface area contributed by atoms with E-state index in [1.807, 2.05) is 5.38 Å². The van der Waals surface area contributed by atoms with Crippen molar-refractivity contribution in [2.75, 3.05) is 13.1 Å². The minimum atomic E-state index is -3.37. The fraction of sp³-hybridized carbons (Fsp3) is 0.400. The van der Waals surface area contributed by atoms with Crippen molar-refractivity contribution in [1.29, 1.82) is 0 Å². The SMILES string of the molecule is O=S(=O)(c1ccc(OCc2cscn2)cc1)N1CCCCC1. The summed E-state index contributed by atoms with van der Waals surface area (Å²) in [6.07, 6.45) is 2.98. The zero-order chi connectivity index (χ0) is 15.4. The summed E-state index contributed by atoms with van der Waals surface area (Å²) in [5.74, 6) is 0.644. The van der Waals surface area contributed by atoms with Crippen molar-refractivity contribution in [2.24, 2.45) is 0 Å². The van der Waals surface area contributed by atoms with Crippen molar-refractivity contribution < 1.29 is 13.2 Å². The zero-order valence-corrected chi connectivity index (χ0v) is 13.8. The molecule has 1 aromatic carbocycles. The number of piperidine rings is 1. The van der Waals surface area contributed by atoms with E-state index in [-0.39, 0.29) is 0 Å². The van der Waals surface area contributed by atoms with Crippen molar-refractivity contribution in [3.05, 3.63) is 40.8 Å². The van der Waals surface area contributed by atoms with Crippen LogP contribution >= 0.6 is 11.3 Å². The van der Waals surface area contributed by atoms with Gasteiger partial charge in [0.05, 0.1) is 16.1 Å². The molecule has 3 rings (SSSR count). The number of aromatic nitrogens is 1. The Morgan fingerprint density at radius 3 is 2.50 bits per heavy atom. The number of rotatable bonds is 5. The first-order valence-electron chi connectivity index (χ1n) is 7.26. The van der Waals surface area contributed by atoms with Crippen molar-refractivity contribution in [3.63, 3.8) is 0 Å². The third-order valence-electron chi connectivity index (χ3n) is 3.65. The van der Waals surface area contributed by atoms with Crippen LogP contribution in [0.4, 0.5) is 0 Å². The molecule has 0 spiro atoms. The third kappa shape index (κ3) is 3.48. The number of nitrogens with zero attached hydrogens (tertiary/aromatic N) is 2. The Hall–Kier alpha value is -1.44. The summed E-state index contributed by atoms with van der Waals surface area (Å²) >= 11 is 1.52. The monoisotopic (exact) mass is 338 g/mol. The normalized spacial score (nSPS) is 16.5. The van der Waals surface area contributed by atoms with Gasteiger partial charge in [0.25, 0.3) is 0 Å². The maximum Gasteiger partial charge on any atom is 0.243 e. The lowest BCUT2D eigenvalue weighted by Crippen LogP contribution is -2.35. The Morgan fingerprint density at radius 1 is 1.14 bits per heavy atom. The van der Waals surface area contributed by atoms with Crippen LogP contribution in [0.1, 0.15) is 25.0 Å². The molecule has 0 saturated carbocycles. The van der Waals surface area contributed by atoms with Crippen LogP contribution in [0.2, 0.25) is 0 Å². The van der Waals surface area contributed by atoms with Gasteiger partial charge < -0.3 is 4.74 Å². The smallest absolute Gasteiger partial charge is 0.243 e. The predicted octanol–water partition coefficient (Wildman–Crippen LogP) is 2.90. The standard InChI is InChI=1S/C15H18N2O3S2/c18-22(19,17-8-2-1-3-9-17)15-6-4-14(5-7-15)20-10-13-11-21-12-16-13/h4-7,11-12H,1-3,8-10H2. The predicted molar refractivity (Wildman–Crippen MR) is 85.5 cm³/mol. The molecular formula is C15H18N2O3S2. The van der Waals surface area contributed by atoms with Crippen LogP contribution < -0.4 is 4.74 Å². The zero-order valence-electron chi connectivity index (χ0n) is 12.1. The fourth-order valence-corrected chi connectivity index (χ4v) is 4.49. The number of ether oxygens (including phenoxy) is 1. The molecule has 22 heavy (non-hydrogen) atoms. The Labute approximate surface area is 134 Å². The van der Waals surface area contributed by atoms with Crippen molar-refractivity contribution >= 4 is 21.4 Å². The van der Waals surface area contributed by atoms with Gasteiger partial charge in [0, 0.05) is 18.5 Å². The van der Waals surface area contributed by atoms with Gasteiger partial charge in [0.1, 0.15) is 12.4 Å². The maximum atomic E-state index is 12.5. The van der Waals surface area contributed by atoms with E-state index in [0.717, 1.165) is 25.0 Å². The van der Waals surface area contributed by atoms with E-state index >= 15 is 0 Å². The van der Waals surface area contributed by atoms with Gasteiger partial charge in [-0.1, -0.05) is 6.42 Å². The molecule has 1 aliphatic rings. The van der Waals surface area contributed by atoms with E-state index < -0.39 is 10.0 Å². The number of thiazole rings is 1. The van der Waals surface area contributed by atoms with Crippen LogP contribution in [-0.2, 0) is 16.6 Å². The van der Waals surface area contributed by atoms with Gasteiger partial charge in [-0.2, -0.15) is 4.31 Å². The second-order valence-corrected chi connectivity index (χ2v) is 7.86. The first kappa shape index (κ1) is 15.5. The highest BCUT2D eigenvalue weighted by Gasteiger charge is 2.25. The first-order chi connectivity index (χ1) is 10.7. The summed E-state index contributed by atoms with van der Waals surface area (Å²) in [6, 6.07) is 6.62. The Morgan fingerprint density at radius 2 is 1.86 bits per heavy atom. The molecular weight excluding hydrogens is 320 g/mol. The molecule has 7 heteroatoms. The average molecular weight is 338 g/mol.